The second kappa shape index (κ2) is 3.99. The predicted octanol–water partition coefficient (Wildman–Crippen LogP) is 1.25. The molecule has 0 aliphatic carbocycles. The van der Waals surface area contributed by atoms with E-state index in [4.69, 9.17) is 4.74 Å². The second-order valence-corrected chi connectivity index (χ2v) is 4.33. The Bertz CT molecular complexity index is 120. The van der Waals surface area contributed by atoms with Crippen molar-refractivity contribution in [1.82, 2.24) is 5.32 Å². The SMILES string of the molecule is C1CNCC2(C1)OCCS2.Cl. The minimum absolute atomic E-state index is 0. The fourth-order valence-corrected chi connectivity index (χ4v) is 2.79. The smallest absolute Gasteiger partial charge is 0.126 e. The standard InChI is InChI=1S/C7H13NOS.ClH/c1-2-7(6-8-3-1)9-4-5-10-7;/h8H,1-6H2;1H. The van der Waals surface area contributed by atoms with Gasteiger partial charge in [-0.1, -0.05) is 0 Å². The topological polar surface area (TPSA) is 21.3 Å². The number of piperidine rings is 1. The molecule has 1 spiro atoms. The summed E-state index contributed by atoms with van der Waals surface area (Å²) < 4.78 is 5.68. The first-order valence-corrected chi connectivity index (χ1v) is 4.89. The summed E-state index contributed by atoms with van der Waals surface area (Å²) >= 11 is 1.98. The number of rotatable bonds is 0. The van der Waals surface area contributed by atoms with Crippen LogP contribution in [0, 0.1) is 0 Å². The first-order valence-electron chi connectivity index (χ1n) is 3.90. The Morgan fingerprint density at radius 2 is 2.36 bits per heavy atom. The van der Waals surface area contributed by atoms with E-state index in [0.717, 1.165) is 13.2 Å². The first kappa shape index (κ1) is 9.65. The summed E-state index contributed by atoms with van der Waals surface area (Å²) in [4.78, 5) is 0.179. The van der Waals surface area contributed by atoms with Crippen LogP contribution in [0.4, 0.5) is 0 Å². The van der Waals surface area contributed by atoms with Crippen molar-refractivity contribution >= 4 is 24.2 Å². The number of hydrogen-bond acceptors (Lipinski definition) is 3. The average Bonchev–Trinajstić information content (AvgIpc) is 2.39. The van der Waals surface area contributed by atoms with Gasteiger partial charge in [-0.25, -0.2) is 0 Å². The van der Waals surface area contributed by atoms with Gasteiger partial charge in [0.1, 0.15) is 4.93 Å². The van der Waals surface area contributed by atoms with Crippen molar-refractivity contribution in [2.75, 3.05) is 25.4 Å². The van der Waals surface area contributed by atoms with Gasteiger partial charge in [-0.05, 0) is 19.4 Å². The van der Waals surface area contributed by atoms with Crippen molar-refractivity contribution in [2.45, 2.75) is 17.8 Å². The maximum atomic E-state index is 5.68. The molecule has 0 amide bonds. The van der Waals surface area contributed by atoms with E-state index in [1.165, 1.54) is 25.1 Å². The maximum absolute atomic E-state index is 5.68. The Morgan fingerprint density at radius 3 is 2.91 bits per heavy atom. The number of nitrogens with one attached hydrogen (secondary N) is 1. The highest BCUT2D eigenvalue weighted by molar-refractivity contribution is 8.00. The molecule has 2 fully saturated rings. The van der Waals surface area contributed by atoms with Crippen molar-refractivity contribution in [3.05, 3.63) is 0 Å². The Balaban J connectivity index is 0.000000605. The van der Waals surface area contributed by atoms with E-state index in [1.54, 1.807) is 0 Å². The average molecular weight is 196 g/mol. The summed E-state index contributed by atoms with van der Waals surface area (Å²) in [5.41, 5.74) is 0. The molecule has 11 heavy (non-hydrogen) atoms. The van der Waals surface area contributed by atoms with Crippen LogP contribution in [0.25, 0.3) is 0 Å². The lowest BCUT2D eigenvalue weighted by Gasteiger charge is -2.31. The predicted molar refractivity (Wildman–Crippen MR) is 50.5 cm³/mol. The third-order valence-corrected chi connectivity index (χ3v) is 3.48. The molecule has 1 unspecified atom stereocenters. The molecule has 2 aliphatic rings. The van der Waals surface area contributed by atoms with E-state index in [2.05, 4.69) is 5.32 Å². The molecular weight excluding hydrogens is 182 g/mol. The summed E-state index contributed by atoms with van der Waals surface area (Å²) in [5.74, 6) is 1.18. The Morgan fingerprint density at radius 1 is 1.45 bits per heavy atom. The highest BCUT2D eigenvalue weighted by Crippen LogP contribution is 2.37. The molecule has 2 rings (SSSR count). The van der Waals surface area contributed by atoms with Crippen molar-refractivity contribution in [3.8, 4) is 0 Å². The zero-order valence-electron chi connectivity index (χ0n) is 6.47. The van der Waals surface area contributed by atoms with Gasteiger partial charge in [0.25, 0.3) is 0 Å². The molecule has 1 N–H and O–H groups in total. The molecule has 0 bridgehead atoms. The third kappa shape index (κ3) is 2.02. The molecule has 2 saturated heterocycles. The zero-order chi connectivity index (χ0) is 6.86. The van der Waals surface area contributed by atoms with Gasteiger partial charge in [0.05, 0.1) is 6.61 Å². The zero-order valence-corrected chi connectivity index (χ0v) is 8.10. The first-order chi connectivity index (χ1) is 4.91. The molecule has 2 heterocycles. The Labute approximate surface area is 77.9 Å². The third-order valence-electron chi connectivity index (χ3n) is 2.12. The fraction of sp³-hybridized carbons (Fsp3) is 1.00. The van der Waals surface area contributed by atoms with Gasteiger partial charge in [0, 0.05) is 12.3 Å². The fourth-order valence-electron chi connectivity index (χ4n) is 1.59. The van der Waals surface area contributed by atoms with Crippen LogP contribution >= 0.6 is 24.2 Å². The van der Waals surface area contributed by atoms with Crippen LogP contribution in [0.2, 0.25) is 0 Å². The molecule has 66 valence electrons. The largest absolute Gasteiger partial charge is 0.362 e. The van der Waals surface area contributed by atoms with Gasteiger partial charge in [0.15, 0.2) is 0 Å². The van der Waals surface area contributed by atoms with Crippen molar-refractivity contribution < 1.29 is 4.74 Å². The molecular formula is C7H14ClNOS. The van der Waals surface area contributed by atoms with E-state index >= 15 is 0 Å². The number of thioether (sulfide) groups is 1. The number of hydrogen-bond donors (Lipinski definition) is 1. The lowest BCUT2D eigenvalue weighted by Crippen LogP contribution is -2.42. The normalized spacial score (nSPS) is 37.1. The molecule has 0 saturated carbocycles. The van der Waals surface area contributed by atoms with E-state index < -0.39 is 0 Å². The highest BCUT2D eigenvalue weighted by Gasteiger charge is 2.36. The quantitative estimate of drug-likeness (QED) is 0.629. The minimum atomic E-state index is 0. The minimum Gasteiger partial charge on any atom is -0.362 e. The lowest BCUT2D eigenvalue weighted by atomic mass is 10.1. The van der Waals surface area contributed by atoms with Crippen LogP contribution in [-0.2, 0) is 4.74 Å². The van der Waals surface area contributed by atoms with Gasteiger partial charge < -0.3 is 10.1 Å². The molecule has 0 aromatic rings. The van der Waals surface area contributed by atoms with Gasteiger partial charge in [-0.3, -0.25) is 0 Å². The Hall–Kier alpha value is 0.560. The monoisotopic (exact) mass is 195 g/mol. The van der Waals surface area contributed by atoms with Gasteiger partial charge in [-0.2, -0.15) is 0 Å². The summed E-state index contributed by atoms with van der Waals surface area (Å²) in [7, 11) is 0. The summed E-state index contributed by atoms with van der Waals surface area (Å²) in [6, 6.07) is 0. The van der Waals surface area contributed by atoms with Gasteiger partial charge >= 0.3 is 0 Å². The number of ether oxygens (including phenoxy) is 1. The molecule has 2 nitrogen and oxygen atoms in total. The van der Waals surface area contributed by atoms with Crippen molar-refractivity contribution in [1.29, 1.82) is 0 Å². The molecule has 0 radical (unpaired) electrons. The van der Waals surface area contributed by atoms with Crippen LogP contribution < -0.4 is 5.32 Å². The molecule has 0 aromatic heterocycles. The molecule has 0 aromatic carbocycles. The van der Waals surface area contributed by atoms with Gasteiger partial charge in [-0.15, -0.1) is 24.2 Å². The van der Waals surface area contributed by atoms with E-state index in [9.17, 15) is 0 Å². The second-order valence-electron chi connectivity index (χ2n) is 2.89. The summed E-state index contributed by atoms with van der Waals surface area (Å²) in [5, 5.41) is 3.37. The van der Waals surface area contributed by atoms with Gasteiger partial charge in [0.2, 0.25) is 0 Å². The van der Waals surface area contributed by atoms with Crippen molar-refractivity contribution in [3.63, 3.8) is 0 Å². The Kier molecular flexibility index (Phi) is 3.50. The van der Waals surface area contributed by atoms with Crippen LogP contribution in [0.1, 0.15) is 12.8 Å². The summed E-state index contributed by atoms with van der Waals surface area (Å²) in [6.45, 7) is 3.18. The van der Waals surface area contributed by atoms with Crippen LogP contribution in [0.3, 0.4) is 0 Å². The van der Waals surface area contributed by atoms with E-state index in [0.29, 0.717) is 0 Å². The maximum Gasteiger partial charge on any atom is 0.126 e. The lowest BCUT2D eigenvalue weighted by molar-refractivity contribution is 0.0335. The van der Waals surface area contributed by atoms with Crippen molar-refractivity contribution in [2.24, 2.45) is 0 Å². The van der Waals surface area contributed by atoms with Crippen LogP contribution in [0.15, 0.2) is 0 Å². The van der Waals surface area contributed by atoms with Crippen LogP contribution in [-0.4, -0.2) is 30.4 Å². The summed E-state index contributed by atoms with van der Waals surface area (Å²) in [6.07, 6.45) is 2.51. The van der Waals surface area contributed by atoms with Crippen LogP contribution in [0.5, 0.6) is 0 Å². The molecule has 4 heteroatoms. The molecule has 2 aliphatic heterocycles. The molecule has 1 atom stereocenters. The number of halogens is 1. The highest BCUT2D eigenvalue weighted by atomic mass is 35.5. The van der Waals surface area contributed by atoms with E-state index in [1.807, 2.05) is 11.8 Å². The van der Waals surface area contributed by atoms with E-state index in [-0.39, 0.29) is 17.3 Å².